The van der Waals surface area contributed by atoms with Gasteiger partial charge < -0.3 is 30.3 Å². The molecule has 15 heavy (non-hydrogen) atoms. The van der Waals surface area contributed by atoms with Crippen LogP contribution in [0, 0.1) is 0 Å². The molecule has 0 heterocycles. The molecule has 4 N–H and O–H groups in total. The third-order valence-electron chi connectivity index (χ3n) is 1.64. The van der Waals surface area contributed by atoms with Crippen LogP contribution in [0.15, 0.2) is 6.07 Å². The third-order valence-corrected chi connectivity index (χ3v) is 1.64. The second-order valence-corrected chi connectivity index (χ2v) is 2.65. The molecule has 1 aromatic carbocycles. The molecule has 6 nitrogen and oxygen atoms in total. The molecule has 0 unspecified atom stereocenters. The van der Waals surface area contributed by atoms with Crippen LogP contribution in [0.2, 0.25) is 0 Å². The number of carbonyl (C=O) groups is 1. The third kappa shape index (κ3) is 2.92. The Balaban J connectivity index is 0.00000196. The van der Waals surface area contributed by atoms with Gasteiger partial charge in [-0.1, -0.05) is 0 Å². The zero-order valence-electron chi connectivity index (χ0n) is 7.89. The number of carbonyl (C=O) groups excluding carboxylic acids is 1. The fourth-order valence-electron chi connectivity index (χ4n) is 0.978. The second kappa shape index (κ2) is 5.11. The van der Waals surface area contributed by atoms with Crippen LogP contribution in [-0.2, 0) is 11.2 Å². The van der Waals surface area contributed by atoms with Crippen molar-refractivity contribution in [3.8, 4) is 23.0 Å². The predicted molar refractivity (Wildman–Crippen MR) is 41.8 cm³/mol. The molecule has 0 radical (unpaired) electrons. The van der Waals surface area contributed by atoms with Crippen molar-refractivity contribution >= 4 is 5.97 Å². The Morgan fingerprint density at radius 2 is 1.67 bits per heavy atom. The summed E-state index contributed by atoms with van der Waals surface area (Å²) in [6.07, 6.45) is -0.673. The fourth-order valence-corrected chi connectivity index (χ4v) is 0.978. The van der Waals surface area contributed by atoms with E-state index >= 15 is 0 Å². The summed E-state index contributed by atoms with van der Waals surface area (Å²) in [5, 5.41) is 46.2. The van der Waals surface area contributed by atoms with Crippen molar-refractivity contribution in [1.29, 1.82) is 0 Å². The van der Waals surface area contributed by atoms with Crippen molar-refractivity contribution in [2.24, 2.45) is 0 Å². The Labute approximate surface area is 107 Å². The van der Waals surface area contributed by atoms with Crippen LogP contribution in [0.1, 0.15) is 5.56 Å². The molecular formula is C8H7NaO6. The van der Waals surface area contributed by atoms with Gasteiger partial charge in [0.1, 0.15) is 0 Å². The quantitative estimate of drug-likeness (QED) is 0.229. The van der Waals surface area contributed by atoms with Gasteiger partial charge in [0, 0.05) is 18.0 Å². The molecule has 76 valence electrons. The Bertz CT molecular complexity index is 389. The first-order valence-electron chi connectivity index (χ1n) is 3.59. The van der Waals surface area contributed by atoms with E-state index in [2.05, 4.69) is 0 Å². The number of benzene rings is 1. The van der Waals surface area contributed by atoms with Crippen LogP contribution >= 0.6 is 0 Å². The molecule has 0 bridgehead atoms. The maximum Gasteiger partial charge on any atom is 1.00 e. The Morgan fingerprint density at radius 1 is 1.13 bits per heavy atom. The number of aromatic hydroxyl groups is 4. The SMILES string of the molecule is O=C([O-])Cc1cc(O)c(O)c(O)c1O.[Na+]. The average molecular weight is 222 g/mol. The number of phenolic OH excluding ortho intramolecular Hbond substituents is 4. The first-order valence-corrected chi connectivity index (χ1v) is 3.59. The molecule has 0 fully saturated rings. The van der Waals surface area contributed by atoms with Gasteiger partial charge in [-0.25, -0.2) is 0 Å². The van der Waals surface area contributed by atoms with Crippen LogP contribution in [-0.4, -0.2) is 26.4 Å². The minimum absolute atomic E-state index is 0. The zero-order chi connectivity index (χ0) is 10.9. The molecule has 0 atom stereocenters. The van der Waals surface area contributed by atoms with Crippen molar-refractivity contribution in [2.75, 3.05) is 0 Å². The van der Waals surface area contributed by atoms with Crippen LogP contribution in [0.4, 0.5) is 0 Å². The standard InChI is InChI=1S/C8H8O6.Na/c9-4-1-3(2-5(10)11)6(12)8(14)7(4)13;/h1,9,12-14H,2H2,(H,10,11);/q;+1/p-1. The van der Waals surface area contributed by atoms with Gasteiger partial charge in [0.15, 0.2) is 11.5 Å². The summed E-state index contributed by atoms with van der Waals surface area (Å²) in [5.74, 6) is -4.84. The molecule has 1 rings (SSSR count). The second-order valence-electron chi connectivity index (χ2n) is 2.65. The van der Waals surface area contributed by atoms with E-state index in [1.165, 1.54) is 0 Å². The summed E-state index contributed by atoms with van der Waals surface area (Å²) in [5.41, 5.74) is -0.238. The first kappa shape index (κ1) is 13.9. The molecular weight excluding hydrogens is 215 g/mol. The summed E-state index contributed by atoms with van der Waals surface area (Å²) in [6, 6.07) is 0.834. The summed E-state index contributed by atoms with van der Waals surface area (Å²) >= 11 is 0. The van der Waals surface area contributed by atoms with E-state index < -0.39 is 35.4 Å². The summed E-state index contributed by atoms with van der Waals surface area (Å²) in [4.78, 5) is 10.2. The van der Waals surface area contributed by atoms with Crippen molar-refractivity contribution in [1.82, 2.24) is 0 Å². The van der Waals surface area contributed by atoms with Gasteiger partial charge >= 0.3 is 29.6 Å². The first-order chi connectivity index (χ1) is 6.43. The van der Waals surface area contributed by atoms with Gasteiger partial charge in [0.25, 0.3) is 0 Å². The maximum absolute atomic E-state index is 10.2. The summed E-state index contributed by atoms with van der Waals surface area (Å²) in [7, 11) is 0. The molecule has 0 aliphatic rings. The smallest absolute Gasteiger partial charge is 0.550 e. The molecule has 0 saturated heterocycles. The van der Waals surface area contributed by atoms with Gasteiger partial charge in [0.2, 0.25) is 11.5 Å². The maximum atomic E-state index is 10.2. The minimum atomic E-state index is -1.48. The number of phenols is 4. The van der Waals surface area contributed by atoms with Crippen molar-refractivity contribution in [3.63, 3.8) is 0 Å². The fraction of sp³-hybridized carbons (Fsp3) is 0.125. The van der Waals surface area contributed by atoms with Crippen LogP contribution in [0.25, 0.3) is 0 Å². The van der Waals surface area contributed by atoms with Gasteiger partial charge in [-0.2, -0.15) is 0 Å². The molecule has 0 spiro atoms. The number of aliphatic carboxylic acids is 1. The topological polar surface area (TPSA) is 121 Å². The van der Waals surface area contributed by atoms with Gasteiger partial charge in [-0.3, -0.25) is 0 Å². The van der Waals surface area contributed by atoms with Crippen molar-refractivity contribution < 1.29 is 59.9 Å². The Morgan fingerprint density at radius 3 is 2.13 bits per heavy atom. The van der Waals surface area contributed by atoms with E-state index in [-0.39, 0.29) is 35.1 Å². The number of hydrogen-bond acceptors (Lipinski definition) is 6. The predicted octanol–water partition coefficient (Wildman–Crippen LogP) is -4.19. The molecule has 0 saturated carbocycles. The Kier molecular flexibility index (Phi) is 4.73. The molecule has 0 amide bonds. The van der Waals surface area contributed by atoms with E-state index in [0.717, 1.165) is 6.07 Å². The number of rotatable bonds is 2. The van der Waals surface area contributed by atoms with Gasteiger partial charge in [-0.15, -0.1) is 0 Å². The summed E-state index contributed by atoms with van der Waals surface area (Å²) in [6.45, 7) is 0. The Hall–Kier alpha value is -1.11. The monoisotopic (exact) mass is 222 g/mol. The molecule has 0 aliphatic carbocycles. The largest absolute Gasteiger partial charge is 1.00 e. The molecule has 1 aromatic rings. The van der Waals surface area contributed by atoms with Gasteiger partial charge in [0.05, 0.1) is 0 Å². The molecule has 0 aliphatic heterocycles. The van der Waals surface area contributed by atoms with Crippen molar-refractivity contribution in [2.45, 2.75) is 6.42 Å². The minimum Gasteiger partial charge on any atom is -0.550 e. The van der Waals surface area contributed by atoms with Crippen LogP contribution < -0.4 is 34.7 Å². The van der Waals surface area contributed by atoms with E-state index in [1.807, 2.05) is 0 Å². The van der Waals surface area contributed by atoms with E-state index in [9.17, 15) is 9.90 Å². The number of carboxylic acids is 1. The van der Waals surface area contributed by atoms with Crippen molar-refractivity contribution in [3.05, 3.63) is 11.6 Å². The summed E-state index contributed by atoms with van der Waals surface area (Å²) < 4.78 is 0. The average Bonchev–Trinajstić information content (AvgIpc) is 2.10. The molecule has 7 heteroatoms. The van der Waals surface area contributed by atoms with E-state index in [1.54, 1.807) is 0 Å². The zero-order valence-corrected chi connectivity index (χ0v) is 9.89. The number of carboxylic acid groups (broad SMARTS) is 1. The van der Waals surface area contributed by atoms with Crippen LogP contribution in [0.3, 0.4) is 0 Å². The molecule has 0 aromatic heterocycles. The van der Waals surface area contributed by atoms with Crippen LogP contribution in [0.5, 0.6) is 23.0 Å². The van der Waals surface area contributed by atoms with Gasteiger partial charge in [-0.05, 0) is 6.07 Å². The normalized spacial score (nSPS) is 9.33. The van der Waals surface area contributed by atoms with E-state index in [4.69, 9.17) is 20.4 Å². The number of hydrogen-bond donors (Lipinski definition) is 4. The van der Waals surface area contributed by atoms with E-state index in [0.29, 0.717) is 0 Å².